The molecule has 0 atom stereocenters. The summed E-state index contributed by atoms with van der Waals surface area (Å²) in [5, 5.41) is 9.80. The van der Waals surface area contributed by atoms with E-state index in [1.165, 1.54) is 23.6 Å². The first-order valence-electron chi connectivity index (χ1n) is 6.69. The van der Waals surface area contributed by atoms with E-state index in [-0.39, 0.29) is 5.84 Å². The van der Waals surface area contributed by atoms with E-state index in [0.29, 0.717) is 12.5 Å². The van der Waals surface area contributed by atoms with Crippen molar-refractivity contribution < 1.29 is 0 Å². The SMILES string of the molecule is N=C(N)CCN(c1nccc2ccccc12)C1CC1. The molecule has 1 saturated carbocycles. The van der Waals surface area contributed by atoms with Crippen molar-refractivity contribution in [2.24, 2.45) is 5.73 Å². The van der Waals surface area contributed by atoms with E-state index < -0.39 is 0 Å². The van der Waals surface area contributed by atoms with Crippen LogP contribution in [0.25, 0.3) is 10.8 Å². The van der Waals surface area contributed by atoms with E-state index in [1.54, 1.807) is 0 Å². The number of nitrogens with zero attached hydrogens (tertiary/aromatic N) is 2. The Hall–Kier alpha value is -2.10. The number of amidine groups is 1. The van der Waals surface area contributed by atoms with Crippen molar-refractivity contribution >= 4 is 22.4 Å². The molecule has 0 aliphatic heterocycles. The minimum Gasteiger partial charge on any atom is -0.388 e. The molecule has 1 heterocycles. The lowest BCUT2D eigenvalue weighted by Gasteiger charge is -2.24. The smallest absolute Gasteiger partial charge is 0.136 e. The van der Waals surface area contributed by atoms with Gasteiger partial charge in [-0.1, -0.05) is 24.3 Å². The van der Waals surface area contributed by atoms with Crippen LogP contribution < -0.4 is 10.6 Å². The van der Waals surface area contributed by atoms with Crippen LogP contribution in [0.4, 0.5) is 5.82 Å². The van der Waals surface area contributed by atoms with Crippen molar-refractivity contribution in [2.75, 3.05) is 11.4 Å². The Bertz CT molecular complexity index is 599. The Labute approximate surface area is 112 Å². The van der Waals surface area contributed by atoms with Gasteiger partial charge in [-0.15, -0.1) is 0 Å². The van der Waals surface area contributed by atoms with Gasteiger partial charge in [-0.2, -0.15) is 0 Å². The number of nitrogens with two attached hydrogens (primary N) is 1. The fourth-order valence-corrected chi connectivity index (χ4v) is 2.42. The number of pyridine rings is 1. The van der Waals surface area contributed by atoms with E-state index in [0.717, 1.165) is 12.4 Å². The first kappa shape index (κ1) is 12.0. The van der Waals surface area contributed by atoms with Gasteiger partial charge in [0, 0.05) is 30.6 Å². The Morgan fingerprint density at radius 2 is 2.11 bits per heavy atom. The lowest BCUT2D eigenvalue weighted by atomic mass is 10.1. The van der Waals surface area contributed by atoms with Crippen molar-refractivity contribution in [2.45, 2.75) is 25.3 Å². The Kier molecular flexibility index (Phi) is 3.07. The number of nitrogens with one attached hydrogen (secondary N) is 1. The monoisotopic (exact) mass is 254 g/mol. The topological polar surface area (TPSA) is 66.0 Å². The molecule has 4 nitrogen and oxygen atoms in total. The van der Waals surface area contributed by atoms with Crippen LogP contribution in [0.3, 0.4) is 0 Å². The van der Waals surface area contributed by atoms with Gasteiger partial charge in [0.05, 0.1) is 5.84 Å². The standard InChI is InChI=1S/C15H18N4/c16-14(17)8-10-19(12-5-6-12)15-13-4-2-1-3-11(13)7-9-18-15/h1-4,7,9,12H,5-6,8,10H2,(H3,16,17). The largest absolute Gasteiger partial charge is 0.388 e. The van der Waals surface area contributed by atoms with Crippen LogP contribution in [-0.2, 0) is 0 Å². The molecule has 1 aromatic heterocycles. The molecule has 1 aliphatic carbocycles. The maximum absolute atomic E-state index is 7.41. The zero-order valence-electron chi connectivity index (χ0n) is 10.8. The molecule has 1 fully saturated rings. The van der Waals surface area contributed by atoms with Crippen LogP contribution in [-0.4, -0.2) is 23.4 Å². The maximum atomic E-state index is 7.41. The molecular weight excluding hydrogens is 236 g/mol. The molecule has 2 aromatic rings. The zero-order valence-corrected chi connectivity index (χ0v) is 10.8. The summed E-state index contributed by atoms with van der Waals surface area (Å²) in [7, 11) is 0. The third kappa shape index (κ3) is 2.52. The molecule has 98 valence electrons. The van der Waals surface area contributed by atoms with Crippen LogP contribution in [0.5, 0.6) is 0 Å². The summed E-state index contributed by atoms with van der Waals surface area (Å²) in [5.41, 5.74) is 5.49. The highest BCUT2D eigenvalue weighted by molar-refractivity contribution is 5.92. The zero-order chi connectivity index (χ0) is 13.2. The maximum Gasteiger partial charge on any atom is 0.136 e. The lowest BCUT2D eigenvalue weighted by molar-refractivity contribution is 0.786. The first-order valence-corrected chi connectivity index (χ1v) is 6.69. The molecule has 3 N–H and O–H groups in total. The first-order chi connectivity index (χ1) is 9.25. The third-order valence-electron chi connectivity index (χ3n) is 3.53. The number of anilines is 1. The number of aromatic nitrogens is 1. The van der Waals surface area contributed by atoms with Gasteiger partial charge < -0.3 is 10.6 Å². The Morgan fingerprint density at radius 3 is 2.84 bits per heavy atom. The predicted octanol–water partition coefficient (Wildman–Crippen LogP) is 2.53. The highest BCUT2D eigenvalue weighted by Crippen LogP contribution is 2.34. The van der Waals surface area contributed by atoms with Gasteiger partial charge in [-0.25, -0.2) is 4.98 Å². The van der Waals surface area contributed by atoms with E-state index in [4.69, 9.17) is 11.1 Å². The van der Waals surface area contributed by atoms with Crippen LogP contribution in [0.1, 0.15) is 19.3 Å². The molecule has 4 heteroatoms. The van der Waals surface area contributed by atoms with Crippen molar-refractivity contribution in [1.82, 2.24) is 4.98 Å². The molecule has 0 radical (unpaired) electrons. The lowest BCUT2D eigenvalue weighted by Crippen LogP contribution is -2.30. The second-order valence-corrected chi connectivity index (χ2v) is 5.06. The second kappa shape index (κ2) is 4.88. The molecule has 0 bridgehead atoms. The summed E-state index contributed by atoms with van der Waals surface area (Å²) < 4.78 is 0. The van der Waals surface area contributed by atoms with E-state index in [9.17, 15) is 0 Å². The molecule has 19 heavy (non-hydrogen) atoms. The number of benzene rings is 1. The van der Waals surface area contributed by atoms with Crippen LogP contribution in [0.2, 0.25) is 0 Å². The predicted molar refractivity (Wildman–Crippen MR) is 78.6 cm³/mol. The second-order valence-electron chi connectivity index (χ2n) is 5.06. The molecule has 1 aliphatic rings. The van der Waals surface area contributed by atoms with E-state index >= 15 is 0 Å². The van der Waals surface area contributed by atoms with Crippen molar-refractivity contribution in [3.05, 3.63) is 36.5 Å². The van der Waals surface area contributed by atoms with Crippen molar-refractivity contribution in [3.8, 4) is 0 Å². The summed E-state index contributed by atoms with van der Waals surface area (Å²) in [4.78, 5) is 6.87. The molecule has 0 saturated heterocycles. The summed E-state index contributed by atoms with van der Waals surface area (Å²) in [6.07, 6.45) is 4.88. The van der Waals surface area contributed by atoms with Gasteiger partial charge in [0.1, 0.15) is 5.82 Å². The summed E-state index contributed by atoms with van der Waals surface area (Å²) in [6.45, 7) is 0.779. The molecule has 1 aromatic carbocycles. The summed E-state index contributed by atoms with van der Waals surface area (Å²) in [5.74, 6) is 1.27. The minimum atomic E-state index is 0.242. The fraction of sp³-hybridized carbons (Fsp3) is 0.333. The average molecular weight is 254 g/mol. The number of hydrogen-bond donors (Lipinski definition) is 2. The average Bonchev–Trinajstić information content (AvgIpc) is 3.23. The number of fused-ring (bicyclic) bond motifs is 1. The van der Waals surface area contributed by atoms with Gasteiger partial charge in [0.2, 0.25) is 0 Å². The Morgan fingerprint density at radius 1 is 1.32 bits per heavy atom. The van der Waals surface area contributed by atoms with E-state index in [1.807, 2.05) is 24.4 Å². The van der Waals surface area contributed by atoms with Crippen LogP contribution in [0.15, 0.2) is 36.5 Å². The van der Waals surface area contributed by atoms with Crippen LogP contribution in [0, 0.1) is 5.41 Å². The van der Waals surface area contributed by atoms with Gasteiger partial charge in [-0.3, -0.25) is 5.41 Å². The van der Waals surface area contributed by atoms with Crippen molar-refractivity contribution in [1.29, 1.82) is 5.41 Å². The number of hydrogen-bond acceptors (Lipinski definition) is 3. The van der Waals surface area contributed by atoms with Crippen LogP contribution >= 0.6 is 0 Å². The Balaban J connectivity index is 1.97. The van der Waals surface area contributed by atoms with Gasteiger partial charge in [0.15, 0.2) is 0 Å². The van der Waals surface area contributed by atoms with Gasteiger partial charge >= 0.3 is 0 Å². The quantitative estimate of drug-likeness (QED) is 0.636. The molecule has 3 rings (SSSR count). The fourth-order valence-electron chi connectivity index (χ4n) is 2.42. The van der Waals surface area contributed by atoms with E-state index in [2.05, 4.69) is 22.0 Å². The summed E-state index contributed by atoms with van der Waals surface area (Å²) >= 11 is 0. The van der Waals surface area contributed by atoms with Crippen molar-refractivity contribution in [3.63, 3.8) is 0 Å². The molecular formula is C15H18N4. The minimum absolute atomic E-state index is 0.242. The van der Waals surface area contributed by atoms with Gasteiger partial charge in [-0.05, 0) is 24.3 Å². The highest BCUT2D eigenvalue weighted by Gasteiger charge is 2.30. The summed E-state index contributed by atoms with van der Waals surface area (Å²) in [6, 6.07) is 10.9. The van der Waals surface area contributed by atoms with Gasteiger partial charge in [0.25, 0.3) is 0 Å². The molecule has 0 spiro atoms. The highest BCUT2D eigenvalue weighted by atomic mass is 15.2. The third-order valence-corrected chi connectivity index (χ3v) is 3.53. The molecule has 0 unspecified atom stereocenters. The normalized spacial score (nSPS) is 14.5. The molecule has 0 amide bonds. The number of rotatable bonds is 5.